The lowest BCUT2D eigenvalue weighted by molar-refractivity contribution is 0.878. The van der Waals surface area contributed by atoms with Crippen molar-refractivity contribution in [1.29, 1.82) is 0 Å². The van der Waals surface area contributed by atoms with E-state index in [4.69, 9.17) is 0 Å². The molecule has 0 aliphatic heterocycles. The van der Waals surface area contributed by atoms with Crippen LogP contribution in [0.2, 0.25) is 0 Å². The second kappa shape index (κ2) is 5.21. The minimum absolute atomic E-state index is 0.285. The molecule has 1 N–H and O–H groups in total. The molecule has 18 heavy (non-hydrogen) atoms. The highest BCUT2D eigenvalue weighted by atomic mass is 14.9. The molecule has 0 radical (unpaired) electrons. The summed E-state index contributed by atoms with van der Waals surface area (Å²) in [5.41, 5.74) is 6.03. The number of nitrogens with one attached hydrogen (secondary N) is 1. The monoisotopic (exact) mass is 240 g/mol. The predicted octanol–water partition coefficient (Wildman–Crippen LogP) is 4.18. The summed E-state index contributed by atoms with van der Waals surface area (Å²) >= 11 is 0. The molecular weight excluding hydrogens is 220 g/mol. The van der Waals surface area contributed by atoms with Gasteiger partial charge in [-0.1, -0.05) is 29.3 Å². The van der Waals surface area contributed by atoms with Gasteiger partial charge in [0.2, 0.25) is 0 Å². The van der Waals surface area contributed by atoms with E-state index in [-0.39, 0.29) is 6.04 Å². The predicted molar refractivity (Wildman–Crippen MR) is 76.9 cm³/mol. The summed E-state index contributed by atoms with van der Waals surface area (Å²) < 4.78 is 0. The quantitative estimate of drug-likeness (QED) is 0.870. The average molecular weight is 240 g/mol. The number of rotatable bonds is 3. The van der Waals surface area contributed by atoms with E-state index in [9.17, 15) is 0 Å². The lowest BCUT2D eigenvalue weighted by Gasteiger charge is -2.17. The van der Waals surface area contributed by atoms with Crippen LogP contribution in [0.1, 0.15) is 35.3 Å². The lowest BCUT2D eigenvalue weighted by atomic mass is 10.0. The van der Waals surface area contributed by atoms with Crippen molar-refractivity contribution in [1.82, 2.24) is 4.98 Å². The van der Waals surface area contributed by atoms with E-state index in [1.807, 2.05) is 19.2 Å². The zero-order valence-corrected chi connectivity index (χ0v) is 11.5. The van der Waals surface area contributed by atoms with Crippen molar-refractivity contribution in [3.8, 4) is 0 Å². The molecule has 0 amide bonds. The third-order valence-corrected chi connectivity index (χ3v) is 3.04. The van der Waals surface area contributed by atoms with Crippen LogP contribution in [0.4, 0.5) is 5.69 Å². The molecule has 0 fully saturated rings. The standard InChI is InChI=1S/C16H20N2/c1-11-7-12(2)9-15(8-11)14(4)18-16-6-5-13(3)17-10-16/h5-10,14,18H,1-4H3. The van der Waals surface area contributed by atoms with E-state index < -0.39 is 0 Å². The maximum Gasteiger partial charge on any atom is 0.0531 e. The Bertz CT molecular complexity index is 509. The molecule has 0 saturated heterocycles. The number of hydrogen-bond donors (Lipinski definition) is 1. The molecule has 0 bridgehead atoms. The van der Waals surface area contributed by atoms with E-state index in [2.05, 4.69) is 55.3 Å². The van der Waals surface area contributed by atoms with Crippen molar-refractivity contribution in [3.05, 3.63) is 58.9 Å². The van der Waals surface area contributed by atoms with Gasteiger partial charge in [-0.25, -0.2) is 0 Å². The molecule has 94 valence electrons. The first-order chi connectivity index (χ1) is 8.54. The molecule has 2 aromatic rings. The van der Waals surface area contributed by atoms with E-state index >= 15 is 0 Å². The smallest absolute Gasteiger partial charge is 0.0531 e. The molecule has 1 unspecified atom stereocenters. The minimum Gasteiger partial charge on any atom is -0.377 e. The summed E-state index contributed by atoms with van der Waals surface area (Å²) in [7, 11) is 0. The zero-order chi connectivity index (χ0) is 13.1. The van der Waals surface area contributed by atoms with Gasteiger partial charge in [-0.2, -0.15) is 0 Å². The third kappa shape index (κ3) is 3.10. The Morgan fingerprint density at radius 2 is 1.67 bits per heavy atom. The summed E-state index contributed by atoms with van der Waals surface area (Å²) in [5, 5.41) is 3.48. The summed E-state index contributed by atoms with van der Waals surface area (Å²) in [6, 6.07) is 11.0. The third-order valence-electron chi connectivity index (χ3n) is 3.04. The highest BCUT2D eigenvalue weighted by Crippen LogP contribution is 2.21. The van der Waals surface area contributed by atoms with E-state index in [1.54, 1.807) is 0 Å². The van der Waals surface area contributed by atoms with Crippen LogP contribution in [-0.4, -0.2) is 4.98 Å². The molecule has 1 heterocycles. The first-order valence-electron chi connectivity index (χ1n) is 6.32. The summed E-state index contributed by atoms with van der Waals surface area (Å²) in [4.78, 5) is 4.30. The van der Waals surface area contributed by atoms with Crippen molar-refractivity contribution in [2.75, 3.05) is 5.32 Å². The van der Waals surface area contributed by atoms with Crippen molar-refractivity contribution in [2.24, 2.45) is 0 Å². The molecule has 2 nitrogen and oxygen atoms in total. The molecule has 1 aromatic carbocycles. The van der Waals surface area contributed by atoms with Crippen molar-refractivity contribution in [3.63, 3.8) is 0 Å². The second-order valence-corrected chi connectivity index (χ2v) is 4.98. The summed E-state index contributed by atoms with van der Waals surface area (Å²) in [6.45, 7) is 8.44. The molecule has 0 saturated carbocycles. The number of anilines is 1. The van der Waals surface area contributed by atoms with Gasteiger partial charge in [0.25, 0.3) is 0 Å². The fourth-order valence-corrected chi connectivity index (χ4v) is 2.15. The van der Waals surface area contributed by atoms with E-state index in [1.165, 1.54) is 16.7 Å². The van der Waals surface area contributed by atoms with Crippen LogP contribution in [0.25, 0.3) is 0 Å². The molecule has 0 aliphatic rings. The van der Waals surface area contributed by atoms with Gasteiger partial charge in [-0.15, -0.1) is 0 Å². The first kappa shape index (κ1) is 12.6. The Labute approximate surface area is 109 Å². The Kier molecular flexibility index (Phi) is 3.66. The van der Waals surface area contributed by atoms with Crippen LogP contribution in [0.15, 0.2) is 36.5 Å². The van der Waals surface area contributed by atoms with Crippen LogP contribution >= 0.6 is 0 Å². The van der Waals surface area contributed by atoms with E-state index in [0.29, 0.717) is 0 Å². The first-order valence-corrected chi connectivity index (χ1v) is 6.32. The van der Waals surface area contributed by atoms with Gasteiger partial charge in [0.05, 0.1) is 11.9 Å². The summed E-state index contributed by atoms with van der Waals surface area (Å²) in [6.07, 6.45) is 1.88. The van der Waals surface area contributed by atoms with Crippen LogP contribution in [0.5, 0.6) is 0 Å². The number of benzene rings is 1. The zero-order valence-electron chi connectivity index (χ0n) is 11.5. The molecule has 2 rings (SSSR count). The fraction of sp³-hybridized carbons (Fsp3) is 0.312. The average Bonchev–Trinajstić information content (AvgIpc) is 2.31. The van der Waals surface area contributed by atoms with Crippen molar-refractivity contribution >= 4 is 5.69 Å². The number of hydrogen-bond acceptors (Lipinski definition) is 2. The maximum atomic E-state index is 4.30. The van der Waals surface area contributed by atoms with E-state index in [0.717, 1.165) is 11.4 Å². The number of aryl methyl sites for hydroxylation is 3. The Morgan fingerprint density at radius 3 is 2.22 bits per heavy atom. The number of nitrogens with zero attached hydrogens (tertiary/aromatic N) is 1. The maximum absolute atomic E-state index is 4.30. The fourth-order valence-electron chi connectivity index (χ4n) is 2.15. The molecule has 1 aromatic heterocycles. The molecule has 0 aliphatic carbocycles. The number of aromatic nitrogens is 1. The van der Waals surface area contributed by atoms with Crippen molar-refractivity contribution in [2.45, 2.75) is 33.7 Å². The van der Waals surface area contributed by atoms with Gasteiger partial charge < -0.3 is 5.32 Å². The minimum atomic E-state index is 0.285. The normalized spacial score (nSPS) is 12.2. The van der Waals surface area contributed by atoms with Gasteiger partial charge in [0, 0.05) is 11.7 Å². The van der Waals surface area contributed by atoms with Crippen molar-refractivity contribution < 1.29 is 0 Å². The molecular formula is C16H20N2. The molecule has 0 spiro atoms. The highest BCUT2D eigenvalue weighted by Gasteiger charge is 2.06. The summed E-state index contributed by atoms with van der Waals surface area (Å²) in [5.74, 6) is 0. The van der Waals surface area contributed by atoms with Gasteiger partial charge >= 0.3 is 0 Å². The Balaban J connectivity index is 2.16. The van der Waals surface area contributed by atoms with Crippen LogP contribution in [0.3, 0.4) is 0 Å². The van der Waals surface area contributed by atoms with Crippen LogP contribution in [0, 0.1) is 20.8 Å². The Morgan fingerprint density at radius 1 is 1.00 bits per heavy atom. The Hall–Kier alpha value is -1.83. The van der Waals surface area contributed by atoms with Gasteiger partial charge in [-0.05, 0) is 45.4 Å². The van der Waals surface area contributed by atoms with Gasteiger partial charge in [0.1, 0.15) is 0 Å². The van der Waals surface area contributed by atoms with Crippen LogP contribution < -0.4 is 5.32 Å². The topological polar surface area (TPSA) is 24.9 Å². The lowest BCUT2D eigenvalue weighted by Crippen LogP contribution is -2.07. The molecule has 2 heteroatoms. The van der Waals surface area contributed by atoms with Gasteiger partial charge in [-0.3, -0.25) is 4.98 Å². The SMILES string of the molecule is Cc1cc(C)cc(C(C)Nc2ccc(C)nc2)c1. The number of pyridine rings is 1. The second-order valence-electron chi connectivity index (χ2n) is 4.98. The largest absolute Gasteiger partial charge is 0.377 e. The molecule has 1 atom stereocenters. The highest BCUT2D eigenvalue weighted by molar-refractivity contribution is 5.44. The van der Waals surface area contributed by atoms with Crippen LogP contribution in [-0.2, 0) is 0 Å². The van der Waals surface area contributed by atoms with Gasteiger partial charge in [0.15, 0.2) is 0 Å².